The summed E-state index contributed by atoms with van der Waals surface area (Å²) >= 11 is 0. The van der Waals surface area contributed by atoms with Crippen LogP contribution in [0.4, 0.5) is 0 Å². The highest BCUT2D eigenvalue weighted by molar-refractivity contribution is 5.78. The van der Waals surface area contributed by atoms with Gasteiger partial charge in [0.25, 0.3) is 0 Å². The summed E-state index contributed by atoms with van der Waals surface area (Å²) in [4.78, 5) is 4.84. The molecular weight excluding hydrogens is 282 g/mol. The van der Waals surface area contributed by atoms with E-state index in [0.717, 1.165) is 30.7 Å². The maximum absolute atomic E-state index is 8.93. The predicted octanol–water partition coefficient (Wildman–Crippen LogP) is 4.53. The SMILES string of the molecule is CCCc1nc2cc(C)c(C)cc2n1Cc1ccc(C#N)cc1. The number of aryl methyl sites for hydroxylation is 3. The van der Waals surface area contributed by atoms with Crippen molar-refractivity contribution in [3.05, 3.63) is 64.5 Å². The number of nitriles is 1. The monoisotopic (exact) mass is 303 g/mol. The van der Waals surface area contributed by atoms with Crippen LogP contribution in [-0.2, 0) is 13.0 Å². The molecule has 0 saturated heterocycles. The number of rotatable bonds is 4. The zero-order valence-electron chi connectivity index (χ0n) is 13.9. The van der Waals surface area contributed by atoms with Gasteiger partial charge in [0.15, 0.2) is 0 Å². The molecule has 116 valence electrons. The normalized spacial score (nSPS) is 10.9. The molecule has 0 spiro atoms. The van der Waals surface area contributed by atoms with Crippen LogP contribution in [0.2, 0.25) is 0 Å². The predicted molar refractivity (Wildman–Crippen MR) is 93.5 cm³/mol. The highest BCUT2D eigenvalue weighted by Gasteiger charge is 2.12. The molecule has 1 heterocycles. The average molecular weight is 303 g/mol. The molecule has 0 aliphatic heterocycles. The molecule has 23 heavy (non-hydrogen) atoms. The van der Waals surface area contributed by atoms with E-state index in [1.165, 1.54) is 22.2 Å². The molecule has 0 aliphatic rings. The second-order valence-electron chi connectivity index (χ2n) is 6.10. The Balaban J connectivity index is 2.07. The fraction of sp³-hybridized carbons (Fsp3) is 0.300. The highest BCUT2D eigenvalue weighted by Crippen LogP contribution is 2.23. The summed E-state index contributed by atoms with van der Waals surface area (Å²) in [6.45, 7) is 7.25. The molecule has 2 aromatic carbocycles. The largest absolute Gasteiger partial charge is 0.323 e. The Bertz CT molecular complexity index is 880. The fourth-order valence-electron chi connectivity index (χ4n) is 2.89. The van der Waals surface area contributed by atoms with E-state index < -0.39 is 0 Å². The summed E-state index contributed by atoms with van der Waals surface area (Å²) < 4.78 is 2.31. The number of nitrogens with zero attached hydrogens (tertiary/aromatic N) is 3. The van der Waals surface area contributed by atoms with Crippen LogP contribution in [0.15, 0.2) is 36.4 Å². The summed E-state index contributed by atoms with van der Waals surface area (Å²) in [6, 6.07) is 14.4. The van der Waals surface area contributed by atoms with Crippen molar-refractivity contribution in [3.63, 3.8) is 0 Å². The molecule has 0 amide bonds. The summed E-state index contributed by atoms with van der Waals surface area (Å²) in [7, 11) is 0. The fourth-order valence-corrected chi connectivity index (χ4v) is 2.89. The number of fused-ring (bicyclic) bond motifs is 1. The molecule has 3 heteroatoms. The van der Waals surface area contributed by atoms with Crippen molar-refractivity contribution >= 4 is 11.0 Å². The van der Waals surface area contributed by atoms with Crippen LogP contribution in [0.1, 0.15) is 41.4 Å². The molecule has 0 bridgehead atoms. The van der Waals surface area contributed by atoms with E-state index in [1.54, 1.807) is 0 Å². The third-order valence-electron chi connectivity index (χ3n) is 4.34. The van der Waals surface area contributed by atoms with Crippen molar-refractivity contribution in [3.8, 4) is 6.07 Å². The second kappa shape index (κ2) is 6.26. The topological polar surface area (TPSA) is 41.6 Å². The van der Waals surface area contributed by atoms with Gasteiger partial charge >= 0.3 is 0 Å². The lowest BCUT2D eigenvalue weighted by Gasteiger charge is -2.10. The molecule has 1 aromatic heterocycles. The minimum Gasteiger partial charge on any atom is -0.323 e. The Kier molecular flexibility index (Phi) is 4.16. The Hall–Kier alpha value is -2.60. The molecule has 0 atom stereocenters. The van der Waals surface area contributed by atoms with Crippen molar-refractivity contribution in [1.29, 1.82) is 5.26 Å². The van der Waals surface area contributed by atoms with E-state index in [2.05, 4.69) is 43.5 Å². The maximum Gasteiger partial charge on any atom is 0.110 e. The first kappa shape index (κ1) is 15.3. The maximum atomic E-state index is 8.93. The molecule has 0 radical (unpaired) electrons. The first-order chi connectivity index (χ1) is 11.1. The summed E-state index contributed by atoms with van der Waals surface area (Å²) in [5, 5.41) is 8.93. The van der Waals surface area contributed by atoms with Crippen molar-refractivity contribution in [1.82, 2.24) is 9.55 Å². The Morgan fingerprint density at radius 1 is 1.09 bits per heavy atom. The van der Waals surface area contributed by atoms with E-state index in [1.807, 2.05) is 24.3 Å². The third-order valence-corrected chi connectivity index (χ3v) is 4.34. The standard InChI is InChI=1S/C20H21N3/c1-4-5-20-22-18-10-14(2)15(3)11-19(18)23(20)13-17-8-6-16(12-21)7-9-17/h6-11H,4-5,13H2,1-3H3. The van der Waals surface area contributed by atoms with Crippen molar-refractivity contribution < 1.29 is 0 Å². The first-order valence-electron chi connectivity index (χ1n) is 8.07. The Morgan fingerprint density at radius 2 is 1.78 bits per heavy atom. The summed E-state index contributed by atoms with van der Waals surface area (Å²) in [6.07, 6.45) is 2.05. The molecular formula is C20H21N3. The van der Waals surface area contributed by atoms with Gasteiger partial charge in [-0.05, 0) is 61.2 Å². The summed E-state index contributed by atoms with van der Waals surface area (Å²) in [5.41, 5.74) is 6.74. The van der Waals surface area contributed by atoms with Gasteiger partial charge < -0.3 is 4.57 Å². The van der Waals surface area contributed by atoms with Crippen LogP contribution in [0.3, 0.4) is 0 Å². The van der Waals surface area contributed by atoms with Gasteiger partial charge in [0.1, 0.15) is 5.82 Å². The average Bonchev–Trinajstić information content (AvgIpc) is 2.86. The van der Waals surface area contributed by atoms with Gasteiger partial charge in [-0.25, -0.2) is 4.98 Å². The van der Waals surface area contributed by atoms with E-state index >= 15 is 0 Å². The molecule has 3 rings (SSSR count). The van der Waals surface area contributed by atoms with E-state index in [4.69, 9.17) is 10.2 Å². The number of hydrogen-bond acceptors (Lipinski definition) is 2. The van der Waals surface area contributed by atoms with Crippen LogP contribution in [0.5, 0.6) is 0 Å². The van der Waals surface area contributed by atoms with Gasteiger partial charge in [-0.3, -0.25) is 0 Å². The molecule has 0 fully saturated rings. The minimum atomic E-state index is 0.699. The van der Waals surface area contributed by atoms with Crippen LogP contribution in [-0.4, -0.2) is 9.55 Å². The highest BCUT2D eigenvalue weighted by atomic mass is 15.1. The van der Waals surface area contributed by atoms with Gasteiger partial charge in [0.2, 0.25) is 0 Å². The van der Waals surface area contributed by atoms with Crippen LogP contribution >= 0.6 is 0 Å². The lowest BCUT2D eigenvalue weighted by Crippen LogP contribution is -2.05. The zero-order chi connectivity index (χ0) is 16.4. The first-order valence-corrected chi connectivity index (χ1v) is 8.07. The molecule has 0 aliphatic carbocycles. The Labute approximate surface area is 137 Å². The van der Waals surface area contributed by atoms with Gasteiger partial charge in [-0.1, -0.05) is 19.1 Å². The van der Waals surface area contributed by atoms with Gasteiger partial charge in [0.05, 0.1) is 22.7 Å². The third kappa shape index (κ3) is 2.98. The minimum absolute atomic E-state index is 0.699. The molecule has 0 saturated carbocycles. The molecule has 0 unspecified atom stereocenters. The van der Waals surface area contributed by atoms with E-state index in [9.17, 15) is 0 Å². The zero-order valence-corrected chi connectivity index (χ0v) is 13.9. The van der Waals surface area contributed by atoms with Crippen molar-refractivity contribution in [2.24, 2.45) is 0 Å². The van der Waals surface area contributed by atoms with Gasteiger partial charge in [-0.15, -0.1) is 0 Å². The lowest BCUT2D eigenvalue weighted by molar-refractivity contribution is 0.721. The van der Waals surface area contributed by atoms with Crippen LogP contribution in [0.25, 0.3) is 11.0 Å². The van der Waals surface area contributed by atoms with Crippen LogP contribution < -0.4 is 0 Å². The van der Waals surface area contributed by atoms with Gasteiger partial charge in [0, 0.05) is 13.0 Å². The number of imidazole rings is 1. The van der Waals surface area contributed by atoms with Crippen molar-refractivity contribution in [2.45, 2.75) is 40.2 Å². The van der Waals surface area contributed by atoms with Crippen LogP contribution in [0, 0.1) is 25.2 Å². The number of hydrogen-bond donors (Lipinski definition) is 0. The van der Waals surface area contributed by atoms with Crippen molar-refractivity contribution in [2.75, 3.05) is 0 Å². The van der Waals surface area contributed by atoms with E-state index in [-0.39, 0.29) is 0 Å². The Morgan fingerprint density at radius 3 is 2.43 bits per heavy atom. The quantitative estimate of drug-likeness (QED) is 0.710. The molecule has 3 aromatic rings. The molecule has 0 N–H and O–H groups in total. The summed E-state index contributed by atoms with van der Waals surface area (Å²) in [5.74, 6) is 1.14. The smallest absolute Gasteiger partial charge is 0.110 e. The molecule has 3 nitrogen and oxygen atoms in total. The lowest BCUT2D eigenvalue weighted by atomic mass is 10.1. The second-order valence-corrected chi connectivity index (χ2v) is 6.10. The number of benzene rings is 2. The van der Waals surface area contributed by atoms with E-state index in [0.29, 0.717) is 5.56 Å². The van der Waals surface area contributed by atoms with Gasteiger partial charge in [-0.2, -0.15) is 5.26 Å². The number of aromatic nitrogens is 2.